The first-order chi connectivity index (χ1) is 9.88. The normalized spacial score (nSPS) is 21.4. The first-order valence-corrected chi connectivity index (χ1v) is 7.18. The predicted octanol–water partition coefficient (Wildman–Crippen LogP) is 5.98. The van der Waals surface area contributed by atoms with Crippen molar-refractivity contribution in [3.05, 3.63) is 59.2 Å². The molecule has 2 aromatic carbocycles. The van der Waals surface area contributed by atoms with E-state index in [0.29, 0.717) is 11.8 Å². The van der Waals surface area contributed by atoms with Crippen LogP contribution in [0.15, 0.2) is 42.5 Å². The summed E-state index contributed by atoms with van der Waals surface area (Å²) in [5, 5.41) is 0. The van der Waals surface area contributed by atoms with Crippen molar-refractivity contribution in [2.24, 2.45) is 0 Å². The van der Waals surface area contributed by atoms with Gasteiger partial charge in [0.15, 0.2) is 0 Å². The monoisotopic (exact) mass is 290 g/mol. The fourth-order valence-electron chi connectivity index (χ4n) is 3.43. The van der Waals surface area contributed by atoms with Gasteiger partial charge in [-0.05, 0) is 52.6 Å². The lowest BCUT2D eigenvalue weighted by Crippen LogP contribution is -2.04. The van der Waals surface area contributed by atoms with Crippen LogP contribution in [-0.2, 0) is 6.18 Å². The van der Waals surface area contributed by atoms with E-state index in [2.05, 4.69) is 19.9 Å². The lowest BCUT2D eigenvalue weighted by Gasteiger charge is -2.14. The van der Waals surface area contributed by atoms with Crippen LogP contribution in [-0.4, -0.2) is 0 Å². The van der Waals surface area contributed by atoms with Crippen LogP contribution in [0.5, 0.6) is 0 Å². The molecule has 0 aromatic heterocycles. The number of alkyl halides is 3. The van der Waals surface area contributed by atoms with Gasteiger partial charge >= 0.3 is 6.18 Å². The van der Waals surface area contributed by atoms with E-state index in [1.807, 2.05) is 12.1 Å². The van der Waals surface area contributed by atoms with Crippen LogP contribution in [0.3, 0.4) is 0 Å². The fraction of sp³-hybridized carbons (Fsp3) is 0.333. The third-order valence-corrected chi connectivity index (χ3v) is 4.39. The molecule has 0 heterocycles. The number of hydrogen-bond acceptors (Lipinski definition) is 0. The van der Waals surface area contributed by atoms with Crippen LogP contribution >= 0.6 is 0 Å². The van der Waals surface area contributed by atoms with E-state index in [1.54, 1.807) is 12.1 Å². The van der Waals surface area contributed by atoms with E-state index in [1.165, 1.54) is 11.1 Å². The number of rotatable bonds is 1. The Morgan fingerprint density at radius 3 is 2.19 bits per heavy atom. The number of fused-ring (bicyclic) bond motifs is 1. The van der Waals surface area contributed by atoms with Gasteiger partial charge in [0.05, 0.1) is 5.56 Å². The Hall–Kier alpha value is -1.77. The molecule has 0 saturated heterocycles. The van der Waals surface area contributed by atoms with Crippen LogP contribution in [0.4, 0.5) is 13.2 Å². The Bertz CT molecular complexity index is 653. The SMILES string of the molecule is CC1CC(C)c2c(-c3ccc(C(F)(F)F)cc3)cccc21. The molecular weight excluding hydrogens is 273 g/mol. The zero-order valence-corrected chi connectivity index (χ0v) is 12.0. The maximum Gasteiger partial charge on any atom is 0.416 e. The van der Waals surface area contributed by atoms with Gasteiger partial charge in [0, 0.05) is 0 Å². The molecule has 2 atom stereocenters. The van der Waals surface area contributed by atoms with Gasteiger partial charge in [0.2, 0.25) is 0 Å². The van der Waals surface area contributed by atoms with Gasteiger partial charge in [-0.3, -0.25) is 0 Å². The lowest BCUT2D eigenvalue weighted by atomic mass is 9.92. The predicted molar refractivity (Wildman–Crippen MR) is 78.3 cm³/mol. The summed E-state index contributed by atoms with van der Waals surface area (Å²) in [7, 11) is 0. The van der Waals surface area contributed by atoms with Crippen molar-refractivity contribution in [2.75, 3.05) is 0 Å². The minimum absolute atomic E-state index is 0.452. The zero-order chi connectivity index (χ0) is 15.2. The Balaban J connectivity index is 2.07. The Morgan fingerprint density at radius 2 is 1.57 bits per heavy atom. The molecule has 1 aliphatic rings. The second kappa shape index (κ2) is 4.90. The largest absolute Gasteiger partial charge is 0.416 e. The number of benzene rings is 2. The molecule has 0 bridgehead atoms. The van der Waals surface area contributed by atoms with Crippen molar-refractivity contribution in [1.82, 2.24) is 0 Å². The van der Waals surface area contributed by atoms with Gasteiger partial charge in [-0.2, -0.15) is 13.2 Å². The molecule has 0 spiro atoms. The lowest BCUT2D eigenvalue weighted by molar-refractivity contribution is -0.137. The highest BCUT2D eigenvalue weighted by molar-refractivity contribution is 5.71. The smallest absolute Gasteiger partial charge is 0.166 e. The van der Waals surface area contributed by atoms with Gasteiger partial charge < -0.3 is 0 Å². The second-order valence-electron chi connectivity index (χ2n) is 5.92. The Labute approximate surface area is 122 Å². The zero-order valence-electron chi connectivity index (χ0n) is 12.0. The van der Waals surface area contributed by atoms with Crippen molar-refractivity contribution in [1.29, 1.82) is 0 Å². The van der Waals surface area contributed by atoms with Crippen LogP contribution in [0, 0.1) is 0 Å². The first-order valence-electron chi connectivity index (χ1n) is 7.18. The van der Waals surface area contributed by atoms with Crippen LogP contribution in [0.1, 0.15) is 48.8 Å². The minimum Gasteiger partial charge on any atom is -0.166 e. The quantitative estimate of drug-likeness (QED) is 0.605. The summed E-state index contributed by atoms with van der Waals surface area (Å²) >= 11 is 0. The fourth-order valence-corrected chi connectivity index (χ4v) is 3.43. The first kappa shape index (κ1) is 14.2. The molecule has 0 amide bonds. The van der Waals surface area contributed by atoms with E-state index < -0.39 is 11.7 Å². The number of halogens is 3. The summed E-state index contributed by atoms with van der Waals surface area (Å²) in [5.41, 5.74) is 3.96. The topological polar surface area (TPSA) is 0 Å². The molecule has 0 fully saturated rings. The highest BCUT2D eigenvalue weighted by Gasteiger charge is 2.31. The van der Waals surface area contributed by atoms with Crippen LogP contribution in [0.25, 0.3) is 11.1 Å². The molecule has 1 aliphatic carbocycles. The Morgan fingerprint density at radius 1 is 0.905 bits per heavy atom. The van der Waals surface area contributed by atoms with Crippen LogP contribution in [0.2, 0.25) is 0 Å². The van der Waals surface area contributed by atoms with Crippen molar-refractivity contribution in [3.8, 4) is 11.1 Å². The van der Waals surface area contributed by atoms with E-state index in [-0.39, 0.29) is 0 Å². The van der Waals surface area contributed by atoms with Gasteiger partial charge in [-0.1, -0.05) is 44.2 Å². The molecule has 2 aromatic rings. The molecule has 3 rings (SSSR count). The van der Waals surface area contributed by atoms with E-state index in [9.17, 15) is 13.2 Å². The van der Waals surface area contributed by atoms with Crippen LogP contribution < -0.4 is 0 Å². The minimum atomic E-state index is -4.28. The molecule has 21 heavy (non-hydrogen) atoms. The summed E-state index contributed by atoms with van der Waals surface area (Å²) in [5.74, 6) is 0.970. The average molecular weight is 290 g/mol. The summed E-state index contributed by atoms with van der Waals surface area (Å²) in [6.45, 7) is 4.40. The highest BCUT2D eigenvalue weighted by Crippen LogP contribution is 2.45. The molecule has 0 aliphatic heterocycles. The van der Waals surface area contributed by atoms with E-state index >= 15 is 0 Å². The van der Waals surface area contributed by atoms with Gasteiger partial charge in [-0.15, -0.1) is 0 Å². The van der Waals surface area contributed by atoms with Gasteiger partial charge in [0.25, 0.3) is 0 Å². The van der Waals surface area contributed by atoms with Crippen molar-refractivity contribution in [2.45, 2.75) is 38.3 Å². The maximum absolute atomic E-state index is 12.7. The van der Waals surface area contributed by atoms with Gasteiger partial charge in [0.1, 0.15) is 0 Å². The average Bonchev–Trinajstić information content (AvgIpc) is 2.73. The molecular formula is C18H17F3. The summed E-state index contributed by atoms with van der Waals surface area (Å²) < 4.78 is 38.0. The molecule has 0 N–H and O–H groups in total. The van der Waals surface area contributed by atoms with E-state index in [4.69, 9.17) is 0 Å². The van der Waals surface area contributed by atoms with E-state index in [0.717, 1.165) is 29.7 Å². The molecule has 110 valence electrons. The molecule has 0 nitrogen and oxygen atoms in total. The third-order valence-electron chi connectivity index (χ3n) is 4.39. The Kier molecular flexibility index (Phi) is 3.31. The van der Waals surface area contributed by atoms with Crippen molar-refractivity contribution >= 4 is 0 Å². The maximum atomic E-state index is 12.7. The van der Waals surface area contributed by atoms with Crippen molar-refractivity contribution < 1.29 is 13.2 Å². The summed E-state index contributed by atoms with van der Waals surface area (Å²) in [6.07, 6.45) is -3.17. The summed E-state index contributed by atoms with van der Waals surface area (Å²) in [6, 6.07) is 11.6. The molecule has 2 unspecified atom stereocenters. The third kappa shape index (κ3) is 2.45. The molecule has 0 radical (unpaired) electrons. The number of hydrogen-bond donors (Lipinski definition) is 0. The van der Waals surface area contributed by atoms with Crippen molar-refractivity contribution in [3.63, 3.8) is 0 Å². The van der Waals surface area contributed by atoms with Gasteiger partial charge in [-0.25, -0.2) is 0 Å². The molecule has 3 heteroatoms. The summed E-state index contributed by atoms with van der Waals surface area (Å²) in [4.78, 5) is 0. The highest BCUT2D eigenvalue weighted by atomic mass is 19.4. The molecule has 0 saturated carbocycles. The second-order valence-corrected chi connectivity index (χ2v) is 5.92. The standard InChI is InChI=1S/C18H17F3/c1-11-10-12(2)17-15(11)4-3-5-16(17)13-6-8-14(9-7-13)18(19,20)21/h3-9,11-12H,10H2,1-2H3.